The number of likely N-dealkylation sites (tertiary alicyclic amines) is 1. The smallest absolute Gasteiger partial charge is 0.411 e. The number of carbonyl (C=O) groups is 3. The van der Waals surface area contributed by atoms with Gasteiger partial charge in [-0.3, -0.25) is 9.69 Å². The number of Topliss-reactive ketones (excluding diaryl/α,β-unsaturated/α-hetero) is 1. The summed E-state index contributed by atoms with van der Waals surface area (Å²) in [6, 6.07) is -0.865. The highest BCUT2D eigenvalue weighted by atomic mass is 16.6. The molecule has 0 aromatic rings. The Labute approximate surface area is 119 Å². The van der Waals surface area contributed by atoms with Crippen LogP contribution >= 0.6 is 0 Å². The molecule has 1 aliphatic rings. The van der Waals surface area contributed by atoms with Crippen LogP contribution in [0.4, 0.5) is 4.79 Å². The van der Waals surface area contributed by atoms with Gasteiger partial charge in [-0.05, 0) is 26.7 Å². The minimum absolute atomic E-state index is 0.00380. The summed E-state index contributed by atoms with van der Waals surface area (Å²) >= 11 is 0. The molecule has 6 heteroatoms. The molecule has 0 aliphatic carbocycles. The zero-order valence-electron chi connectivity index (χ0n) is 12.8. The maximum Gasteiger partial charge on any atom is 0.411 e. The first-order valence-electron chi connectivity index (χ1n) is 6.78. The van der Waals surface area contributed by atoms with E-state index in [1.54, 1.807) is 20.8 Å². The van der Waals surface area contributed by atoms with Gasteiger partial charge >= 0.3 is 12.1 Å². The Morgan fingerprint density at radius 1 is 1.35 bits per heavy atom. The lowest BCUT2D eigenvalue weighted by atomic mass is 10.2. The fourth-order valence-corrected chi connectivity index (χ4v) is 1.76. The summed E-state index contributed by atoms with van der Waals surface area (Å²) in [5.74, 6) is -0.510. The second kappa shape index (κ2) is 6.24. The Kier molecular flexibility index (Phi) is 5.14. The SMILES string of the molecule is CC(C)COC(=O)[C@H]1CC(=O)CN1C(=O)OC(C)(C)C. The summed E-state index contributed by atoms with van der Waals surface area (Å²) in [7, 11) is 0. The van der Waals surface area contributed by atoms with Crippen LogP contribution < -0.4 is 0 Å². The Morgan fingerprint density at radius 3 is 2.45 bits per heavy atom. The summed E-state index contributed by atoms with van der Waals surface area (Å²) in [4.78, 5) is 36.6. The Hall–Kier alpha value is -1.59. The maximum absolute atomic E-state index is 12.0. The Morgan fingerprint density at radius 2 is 1.95 bits per heavy atom. The molecule has 1 aliphatic heterocycles. The molecule has 0 N–H and O–H groups in total. The van der Waals surface area contributed by atoms with Crippen molar-refractivity contribution >= 4 is 17.8 Å². The molecular weight excluding hydrogens is 262 g/mol. The van der Waals surface area contributed by atoms with Crippen LogP contribution in [0.2, 0.25) is 0 Å². The van der Waals surface area contributed by atoms with Gasteiger partial charge in [0.25, 0.3) is 0 Å². The van der Waals surface area contributed by atoms with Crippen molar-refractivity contribution in [2.45, 2.75) is 52.7 Å². The maximum atomic E-state index is 12.0. The van der Waals surface area contributed by atoms with Gasteiger partial charge in [0.15, 0.2) is 5.78 Å². The number of hydrogen-bond donors (Lipinski definition) is 0. The van der Waals surface area contributed by atoms with Gasteiger partial charge in [-0.25, -0.2) is 9.59 Å². The molecule has 0 aromatic carbocycles. The molecule has 1 atom stereocenters. The molecule has 1 amide bonds. The number of carbonyl (C=O) groups excluding carboxylic acids is 3. The number of ketones is 1. The fraction of sp³-hybridized carbons (Fsp3) is 0.786. The first kappa shape index (κ1) is 16.5. The van der Waals surface area contributed by atoms with E-state index in [1.165, 1.54) is 0 Å². The topological polar surface area (TPSA) is 72.9 Å². The van der Waals surface area contributed by atoms with E-state index in [2.05, 4.69) is 0 Å². The monoisotopic (exact) mass is 285 g/mol. The van der Waals surface area contributed by atoms with Crippen LogP contribution in [0.25, 0.3) is 0 Å². The van der Waals surface area contributed by atoms with E-state index >= 15 is 0 Å². The molecule has 0 aromatic heterocycles. The third kappa shape index (κ3) is 4.83. The molecule has 1 saturated heterocycles. The van der Waals surface area contributed by atoms with Crippen molar-refractivity contribution in [1.82, 2.24) is 4.90 Å². The fourth-order valence-electron chi connectivity index (χ4n) is 1.76. The van der Waals surface area contributed by atoms with E-state index in [-0.39, 0.29) is 31.3 Å². The predicted octanol–water partition coefficient (Wildman–Crippen LogP) is 1.76. The van der Waals surface area contributed by atoms with Crippen molar-refractivity contribution in [2.75, 3.05) is 13.2 Å². The Balaban J connectivity index is 2.70. The molecule has 20 heavy (non-hydrogen) atoms. The third-order valence-electron chi connectivity index (χ3n) is 2.60. The van der Waals surface area contributed by atoms with Crippen LogP contribution in [-0.4, -0.2) is 47.5 Å². The summed E-state index contributed by atoms with van der Waals surface area (Å²) in [6.45, 7) is 9.19. The van der Waals surface area contributed by atoms with Crippen LogP contribution in [0.1, 0.15) is 41.0 Å². The minimum atomic E-state index is -0.865. The normalized spacial score (nSPS) is 19.4. The van der Waals surface area contributed by atoms with Crippen LogP contribution in [0, 0.1) is 5.92 Å². The Bertz CT molecular complexity index is 397. The van der Waals surface area contributed by atoms with Crippen molar-refractivity contribution in [3.8, 4) is 0 Å². The number of esters is 1. The van der Waals surface area contributed by atoms with Crippen molar-refractivity contribution in [3.05, 3.63) is 0 Å². The average Bonchev–Trinajstić information content (AvgIpc) is 2.66. The highest BCUT2D eigenvalue weighted by Gasteiger charge is 2.41. The number of rotatable bonds is 3. The molecule has 114 valence electrons. The van der Waals surface area contributed by atoms with E-state index in [1.807, 2.05) is 13.8 Å². The van der Waals surface area contributed by atoms with Crippen molar-refractivity contribution in [2.24, 2.45) is 5.92 Å². The van der Waals surface area contributed by atoms with E-state index < -0.39 is 23.7 Å². The third-order valence-corrected chi connectivity index (χ3v) is 2.60. The van der Waals surface area contributed by atoms with Crippen molar-refractivity contribution in [1.29, 1.82) is 0 Å². The average molecular weight is 285 g/mol. The molecular formula is C14H23NO5. The van der Waals surface area contributed by atoms with Crippen molar-refractivity contribution in [3.63, 3.8) is 0 Å². The molecule has 0 saturated carbocycles. The number of nitrogens with zero attached hydrogens (tertiary/aromatic N) is 1. The lowest BCUT2D eigenvalue weighted by molar-refractivity contribution is -0.150. The first-order valence-corrected chi connectivity index (χ1v) is 6.78. The molecule has 0 radical (unpaired) electrons. The van der Waals surface area contributed by atoms with Gasteiger partial charge in [0.2, 0.25) is 0 Å². The van der Waals surface area contributed by atoms with Gasteiger partial charge in [-0.2, -0.15) is 0 Å². The van der Waals surface area contributed by atoms with Crippen LogP contribution in [0.3, 0.4) is 0 Å². The highest BCUT2D eigenvalue weighted by Crippen LogP contribution is 2.20. The van der Waals surface area contributed by atoms with E-state index in [9.17, 15) is 14.4 Å². The lowest BCUT2D eigenvalue weighted by Gasteiger charge is -2.27. The summed E-state index contributed by atoms with van der Waals surface area (Å²) < 4.78 is 10.3. The minimum Gasteiger partial charge on any atom is -0.464 e. The van der Waals surface area contributed by atoms with Crippen LogP contribution in [0.15, 0.2) is 0 Å². The quantitative estimate of drug-likeness (QED) is 0.739. The van der Waals surface area contributed by atoms with Crippen molar-refractivity contribution < 1.29 is 23.9 Å². The van der Waals surface area contributed by atoms with Gasteiger partial charge < -0.3 is 9.47 Å². The van der Waals surface area contributed by atoms with Gasteiger partial charge in [-0.1, -0.05) is 13.8 Å². The molecule has 1 fully saturated rings. The standard InChI is InChI=1S/C14H23NO5/c1-9(2)8-19-12(17)11-6-10(16)7-15(11)13(18)20-14(3,4)5/h9,11H,6-8H2,1-5H3/t11-/m1/s1. The number of ether oxygens (including phenoxy) is 2. The summed E-state index contributed by atoms with van der Waals surface area (Å²) in [5.41, 5.74) is -0.672. The second-order valence-electron chi connectivity index (χ2n) is 6.39. The molecule has 0 spiro atoms. The molecule has 1 rings (SSSR count). The van der Waals surface area contributed by atoms with Gasteiger partial charge in [0.1, 0.15) is 11.6 Å². The van der Waals surface area contributed by atoms with Crippen LogP contribution in [0.5, 0.6) is 0 Å². The largest absolute Gasteiger partial charge is 0.464 e. The summed E-state index contributed by atoms with van der Waals surface area (Å²) in [5, 5.41) is 0. The molecule has 6 nitrogen and oxygen atoms in total. The molecule has 1 heterocycles. The second-order valence-corrected chi connectivity index (χ2v) is 6.39. The summed E-state index contributed by atoms with van der Waals surface area (Å²) in [6.07, 6.45) is -0.661. The number of amides is 1. The lowest BCUT2D eigenvalue weighted by Crippen LogP contribution is -2.44. The molecule has 0 bridgehead atoms. The zero-order chi connectivity index (χ0) is 15.5. The first-order chi connectivity index (χ1) is 9.10. The van der Waals surface area contributed by atoms with E-state index in [0.29, 0.717) is 0 Å². The zero-order valence-corrected chi connectivity index (χ0v) is 12.8. The number of hydrogen-bond acceptors (Lipinski definition) is 5. The molecule has 0 unspecified atom stereocenters. The van der Waals surface area contributed by atoms with Gasteiger partial charge in [0.05, 0.1) is 13.2 Å². The predicted molar refractivity (Wildman–Crippen MR) is 72.1 cm³/mol. The van der Waals surface area contributed by atoms with Gasteiger partial charge in [-0.15, -0.1) is 0 Å². The highest BCUT2D eigenvalue weighted by molar-refractivity contribution is 5.95. The van der Waals surface area contributed by atoms with E-state index in [4.69, 9.17) is 9.47 Å². The van der Waals surface area contributed by atoms with Gasteiger partial charge in [0, 0.05) is 6.42 Å². The van der Waals surface area contributed by atoms with E-state index in [0.717, 1.165) is 4.90 Å². The van der Waals surface area contributed by atoms with Crippen LogP contribution in [-0.2, 0) is 19.1 Å².